The van der Waals surface area contributed by atoms with Crippen molar-refractivity contribution in [3.8, 4) is 0 Å². The number of likely N-dealkylation sites (tertiary alicyclic amines) is 2. The van der Waals surface area contributed by atoms with E-state index in [0.29, 0.717) is 6.42 Å². The van der Waals surface area contributed by atoms with Crippen LogP contribution in [0.25, 0.3) is 11.1 Å². The molecule has 6 atom stereocenters. The van der Waals surface area contributed by atoms with E-state index in [1.165, 1.54) is 9.80 Å². The van der Waals surface area contributed by atoms with Crippen LogP contribution in [0.3, 0.4) is 0 Å². The topological polar surface area (TPSA) is 74.8 Å². The smallest absolute Gasteiger partial charge is 0.234 e. The molecule has 2 heterocycles. The van der Waals surface area contributed by atoms with Gasteiger partial charge in [0.05, 0.1) is 23.7 Å². The second-order valence-electron chi connectivity index (χ2n) is 11.7. The molecule has 2 aromatic rings. The van der Waals surface area contributed by atoms with E-state index >= 15 is 0 Å². The number of carbonyl (C=O) groups excluding carboxylic acids is 4. The van der Waals surface area contributed by atoms with Gasteiger partial charge in [0.25, 0.3) is 0 Å². The van der Waals surface area contributed by atoms with Crippen molar-refractivity contribution >= 4 is 34.8 Å². The fourth-order valence-corrected chi connectivity index (χ4v) is 8.36. The van der Waals surface area contributed by atoms with Crippen molar-refractivity contribution in [3.63, 3.8) is 0 Å². The Labute approximate surface area is 223 Å². The van der Waals surface area contributed by atoms with E-state index in [2.05, 4.69) is 0 Å². The van der Waals surface area contributed by atoms with Gasteiger partial charge in [0.2, 0.25) is 23.6 Å². The molecule has 2 aliphatic heterocycles. The first-order valence-electron chi connectivity index (χ1n) is 13.8. The quantitative estimate of drug-likeness (QED) is 0.549. The third-order valence-corrected chi connectivity index (χ3v) is 9.49. The Morgan fingerprint density at radius 3 is 1.45 bits per heavy atom. The normalized spacial score (nSPS) is 32.2. The summed E-state index contributed by atoms with van der Waals surface area (Å²) in [6.07, 6.45) is 0.471. The molecule has 0 aromatic heterocycles. The third-order valence-electron chi connectivity index (χ3n) is 9.49. The van der Waals surface area contributed by atoms with Crippen molar-refractivity contribution < 1.29 is 19.2 Å². The van der Waals surface area contributed by atoms with Crippen LogP contribution in [0.4, 0.5) is 0 Å². The first-order valence-corrected chi connectivity index (χ1v) is 13.8. The van der Waals surface area contributed by atoms with Crippen LogP contribution < -0.4 is 0 Å². The number of benzene rings is 2. The molecule has 6 heteroatoms. The van der Waals surface area contributed by atoms with Gasteiger partial charge in [-0.05, 0) is 56.4 Å². The van der Waals surface area contributed by atoms with E-state index in [0.717, 1.165) is 22.3 Å². The molecular weight excluding hydrogens is 476 g/mol. The predicted molar refractivity (Wildman–Crippen MR) is 144 cm³/mol. The fraction of sp³-hybridized carbons (Fsp3) is 0.438. The summed E-state index contributed by atoms with van der Waals surface area (Å²) in [6, 6.07) is 19.3. The van der Waals surface area contributed by atoms with E-state index < -0.39 is 35.0 Å². The molecule has 0 spiro atoms. The summed E-state index contributed by atoms with van der Waals surface area (Å²) in [6.45, 7) is 9.44. The lowest BCUT2D eigenvalue weighted by molar-refractivity contribution is -0.146. The average Bonchev–Trinajstić information content (AvgIpc) is 3.35. The number of rotatable bonds is 5. The summed E-state index contributed by atoms with van der Waals surface area (Å²) >= 11 is 0. The molecule has 2 unspecified atom stereocenters. The van der Waals surface area contributed by atoms with Gasteiger partial charge in [-0.15, -0.1) is 0 Å². The summed E-state index contributed by atoms with van der Waals surface area (Å²) in [5.74, 6) is -4.08. The minimum atomic E-state index is -0.983. The van der Waals surface area contributed by atoms with Crippen molar-refractivity contribution in [2.24, 2.45) is 35.0 Å². The zero-order chi connectivity index (χ0) is 27.1. The number of amides is 4. The monoisotopic (exact) mass is 510 g/mol. The van der Waals surface area contributed by atoms with Gasteiger partial charge in [-0.2, -0.15) is 0 Å². The van der Waals surface area contributed by atoms with Gasteiger partial charge < -0.3 is 0 Å². The minimum absolute atomic E-state index is 0.205. The van der Waals surface area contributed by atoms with E-state index in [4.69, 9.17) is 0 Å². The van der Waals surface area contributed by atoms with Crippen LogP contribution in [-0.2, 0) is 19.2 Å². The van der Waals surface area contributed by atoms with Crippen molar-refractivity contribution in [3.05, 3.63) is 71.8 Å². The Morgan fingerprint density at radius 2 is 1.05 bits per heavy atom. The summed E-state index contributed by atoms with van der Waals surface area (Å²) < 4.78 is 0. The summed E-state index contributed by atoms with van der Waals surface area (Å²) in [7, 11) is 0. The number of hydrogen-bond donors (Lipinski definition) is 0. The van der Waals surface area contributed by atoms with Gasteiger partial charge in [0, 0.05) is 23.4 Å². The number of imide groups is 2. The van der Waals surface area contributed by atoms with Crippen LogP contribution in [0.2, 0.25) is 0 Å². The maximum atomic E-state index is 14.2. The first-order chi connectivity index (χ1) is 18.2. The molecule has 38 heavy (non-hydrogen) atoms. The molecule has 3 aliphatic carbocycles. The van der Waals surface area contributed by atoms with Crippen LogP contribution in [0.5, 0.6) is 0 Å². The number of allylic oxidation sites excluding steroid dienone is 2. The lowest BCUT2D eigenvalue weighted by Gasteiger charge is -2.59. The van der Waals surface area contributed by atoms with Crippen molar-refractivity contribution in [1.29, 1.82) is 0 Å². The Balaban J connectivity index is 1.75. The molecule has 196 valence electrons. The highest BCUT2D eigenvalue weighted by Crippen LogP contribution is 2.73. The molecule has 0 radical (unpaired) electrons. The fourth-order valence-electron chi connectivity index (χ4n) is 8.36. The molecule has 4 amide bonds. The van der Waals surface area contributed by atoms with Gasteiger partial charge >= 0.3 is 0 Å². The molecule has 2 saturated heterocycles. The summed E-state index contributed by atoms with van der Waals surface area (Å²) in [5.41, 5.74) is 2.81. The van der Waals surface area contributed by atoms with E-state index in [9.17, 15) is 19.2 Å². The molecular formula is C32H34N2O4. The Morgan fingerprint density at radius 1 is 0.632 bits per heavy atom. The SMILES string of the molecule is CCC12C(c3ccccc3)=C(c3ccccc3)C([C@H]3C(=O)N(C(C)C)C(=O)[C@@H]31)[C@@H]1C(=O)N(C(C)C)C(=O)[C@@H]12. The maximum absolute atomic E-state index is 14.2. The van der Waals surface area contributed by atoms with Crippen LogP contribution in [0, 0.1) is 35.0 Å². The molecule has 1 saturated carbocycles. The third kappa shape index (κ3) is 2.89. The molecule has 0 N–H and O–H groups in total. The highest BCUT2D eigenvalue weighted by molar-refractivity contribution is 6.17. The minimum Gasteiger partial charge on any atom is -0.280 e. The number of hydrogen-bond acceptors (Lipinski definition) is 4. The van der Waals surface area contributed by atoms with Crippen LogP contribution in [-0.4, -0.2) is 45.5 Å². The number of carbonyl (C=O) groups is 4. The summed E-state index contributed by atoms with van der Waals surface area (Å²) in [4.78, 5) is 59.5. The van der Waals surface area contributed by atoms with Crippen LogP contribution in [0.15, 0.2) is 60.7 Å². The van der Waals surface area contributed by atoms with E-state index in [1.54, 1.807) is 0 Å². The molecule has 2 bridgehead atoms. The molecule has 3 fully saturated rings. The molecule has 6 nitrogen and oxygen atoms in total. The highest BCUT2D eigenvalue weighted by atomic mass is 16.2. The summed E-state index contributed by atoms with van der Waals surface area (Å²) in [5, 5.41) is 0. The van der Waals surface area contributed by atoms with Crippen molar-refractivity contribution in [1.82, 2.24) is 9.80 Å². The van der Waals surface area contributed by atoms with Crippen LogP contribution >= 0.6 is 0 Å². The second kappa shape index (κ2) is 8.48. The molecule has 2 aromatic carbocycles. The van der Waals surface area contributed by atoms with Gasteiger partial charge in [0.1, 0.15) is 0 Å². The number of nitrogens with zero attached hydrogens (tertiary/aromatic N) is 2. The lowest BCUT2D eigenvalue weighted by Crippen LogP contribution is -2.60. The van der Waals surface area contributed by atoms with Crippen molar-refractivity contribution in [2.75, 3.05) is 0 Å². The average molecular weight is 511 g/mol. The largest absolute Gasteiger partial charge is 0.280 e. The molecule has 5 aliphatic rings. The first kappa shape index (κ1) is 24.8. The lowest BCUT2D eigenvalue weighted by atomic mass is 9.40. The zero-order valence-corrected chi connectivity index (χ0v) is 22.5. The Kier molecular flexibility index (Phi) is 5.53. The van der Waals surface area contributed by atoms with Crippen molar-refractivity contribution in [2.45, 2.75) is 53.1 Å². The predicted octanol–water partition coefficient (Wildman–Crippen LogP) is 4.66. The van der Waals surface area contributed by atoms with Crippen LogP contribution in [0.1, 0.15) is 52.2 Å². The van der Waals surface area contributed by atoms with E-state index in [1.807, 2.05) is 95.3 Å². The highest BCUT2D eigenvalue weighted by Gasteiger charge is 2.77. The zero-order valence-electron chi connectivity index (χ0n) is 22.5. The second-order valence-corrected chi connectivity index (χ2v) is 11.7. The maximum Gasteiger partial charge on any atom is 0.234 e. The molecule has 7 rings (SSSR count). The standard InChI is InChI=1S/C32H34N2O4/c1-6-32-25(20-15-11-8-12-16-20)21(19-13-9-7-10-14-19)22(23-26(32)30(37)33(17(2)3)28(23)35)24-27(32)31(38)34(18(4)5)29(24)36/h7-18,22-24,26-27H,6H2,1-5H3/t22?,23-,24+,26-,27-,32?/m1/s1. The van der Waals surface area contributed by atoms with Gasteiger partial charge in [-0.3, -0.25) is 29.0 Å². The Bertz CT molecular complexity index is 1320. The van der Waals surface area contributed by atoms with E-state index in [-0.39, 0.29) is 35.7 Å². The van der Waals surface area contributed by atoms with Gasteiger partial charge in [-0.1, -0.05) is 67.6 Å². The van der Waals surface area contributed by atoms with Gasteiger partial charge in [0.15, 0.2) is 0 Å². The Hall–Kier alpha value is -3.54. The van der Waals surface area contributed by atoms with Gasteiger partial charge in [-0.25, -0.2) is 0 Å².